The zero-order valence-corrected chi connectivity index (χ0v) is 17.1. The Bertz CT molecular complexity index is 1160. The van der Waals surface area contributed by atoms with Crippen LogP contribution in [-0.4, -0.2) is 27.7 Å². The summed E-state index contributed by atoms with van der Waals surface area (Å²) < 4.78 is 26.3. The van der Waals surface area contributed by atoms with Crippen LogP contribution in [0.4, 0.5) is 0 Å². The van der Waals surface area contributed by atoms with E-state index in [1.807, 2.05) is 44.5 Å². The van der Waals surface area contributed by atoms with Gasteiger partial charge in [-0.15, -0.1) is 0 Å². The number of pyridine rings is 2. The summed E-state index contributed by atoms with van der Waals surface area (Å²) in [6.07, 6.45) is 5.02. The average Bonchev–Trinajstić information content (AvgIpc) is 2.87. The maximum absolute atomic E-state index is 13.3. The molecule has 0 amide bonds. The highest BCUT2D eigenvalue weighted by Crippen LogP contribution is 2.22. The zero-order chi connectivity index (χ0) is 20.7. The van der Waals surface area contributed by atoms with Gasteiger partial charge in [0.15, 0.2) is 5.82 Å². The van der Waals surface area contributed by atoms with Gasteiger partial charge < -0.3 is 0 Å². The molecule has 9 heteroatoms. The number of nitrogens with two attached hydrogens (primary N) is 1. The van der Waals surface area contributed by atoms with Crippen molar-refractivity contribution in [2.75, 3.05) is 0 Å². The molecule has 0 fully saturated rings. The van der Waals surface area contributed by atoms with Crippen LogP contribution in [0, 0.1) is 6.92 Å². The molecule has 3 rings (SSSR count). The summed E-state index contributed by atoms with van der Waals surface area (Å²) in [6, 6.07) is 6.58. The second kappa shape index (κ2) is 6.99. The van der Waals surface area contributed by atoms with Gasteiger partial charge in [0.05, 0.1) is 5.54 Å². The van der Waals surface area contributed by atoms with E-state index >= 15 is 0 Å². The summed E-state index contributed by atoms with van der Waals surface area (Å²) in [5.41, 5.74) is 1.78. The molecule has 0 bridgehead atoms. The molecule has 0 saturated heterocycles. The smallest absolute Gasteiger partial charge is 0.275 e. The molecule has 148 valence electrons. The van der Waals surface area contributed by atoms with E-state index in [2.05, 4.69) is 9.97 Å². The molecule has 3 aromatic heterocycles. The Morgan fingerprint density at radius 2 is 1.86 bits per heavy atom. The lowest BCUT2D eigenvalue weighted by Gasteiger charge is -2.26. The van der Waals surface area contributed by atoms with E-state index in [4.69, 9.17) is 5.14 Å². The highest BCUT2D eigenvalue weighted by Gasteiger charge is 2.26. The van der Waals surface area contributed by atoms with Crippen molar-refractivity contribution in [3.05, 3.63) is 70.0 Å². The van der Waals surface area contributed by atoms with Gasteiger partial charge in [-0.2, -0.15) is 4.68 Å². The van der Waals surface area contributed by atoms with Crippen molar-refractivity contribution in [3.63, 3.8) is 0 Å². The second-order valence-corrected chi connectivity index (χ2v) is 9.16. The Morgan fingerprint density at radius 1 is 1.14 bits per heavy atom. The summed E-state index contributed by atoms with van der Waals surface area (Å²) >= 11 is 0. The molecule has 0 unspecified atom stereocenters. The number of nitrogens with zero attached hydrogens (tertiary/aromatic N) is 4. The summed E-state index contributed by atoms with van der Waals surface area (Å²) in [6.45, 7) is 7.86. The number of rotatable bonds is 4. The van der Waals surface area contributed by atoms with Gasteiger partial charge >= 0.3 is 0 Å². The molecule has 0 atom stereocenters. The SMILES string of the molecule is Cc1c(Cc2cccnc2)c(=O)n(-c2ccc(S(N)(=O)=O)cn2)n1C(C)(C)C. The molecule has 2 N–H and O–H groups in total. The Labute approximate surface area is 163 Å². The number of aromatic nitrogens is 4. The van der Waals surface area contributed by atoms with E-state index in [9.17, 15) is 13.2 Å². The van der Waals surface area contributed by atoms with Gasteiger partial charge in [-0.25, -0.2) is 18.5 Å². The maximum atomic E-state index is 13.3. The fourth-order valence-corrected chi connectivity index (χ4v) is 3.69. The van der Waals surface area contributed by atoms with Crippen LogP contribution < -0.4 is 10.7 Å². The second-order valence-electron chi connectivity index (χ2n) is 7.60. The third kappa shape index (κ3) is 3.76. The van der Waals surface area contributed by atoms with E-state index in [-0.39, 0.29) is 10.5 Å². The van der Waals surface area contributed by atoms with Crippen molar-refractivity contribution < 1.29 is 8.42 Å². The zero-order valence-electron chi connectivity index (χ0n) is 16.2. The minimum absolute atomic E-state index is 0.106. The number of hydrogen-bond acceptors (Lipinski definition) is 5. The van der Waals surface area contributed by atoms with Crippen molar-refractivity contribution in [2.45, 2.75) is 44.6 Å². The van der Waals surface area contributed by atoms with Gasteiger partial charge in [0.2, 0.25) is 10.0 Å². The van der Waals surface area contributed by atoms with Gasteiger partial charge in [-0.1, -0.05) is 6.07 Å². The molecular weight excluding hydrogens is 378 g/mol. The quantitative estimate of drug-likeness (QED) is 0.715. The maximum Gasteiger partial charge on any atom is 0.276 e. The first-order valence-electron chi connectivity index (χ1n) is 8.72. The molecule has 0 radical (unpaired) electrons. The van der Waals surface area contributed by atoms with Gasteiger partial charge in [0.25, 0.3) is 5.56 Å². The molecule has 3 heterocycles. The Kier molecular flexibility index (Phi) is 4.99. The van der Waals surface area contributed by atoms with Crippen molar-refractivity contribution in [1.82, 2.24) is 19.3 Å². The fraction of sp³-hybridized carbons (Fsp3) is 0.316. The summed E-state index contributed by atoms with van der Waals surface area (Å²) in [4.78, 5) is 21.5. The molecule has 0 aliphatic rings. The third-order valence-electron chi connectivity index (χ3n) is 4.41. The summed E-state index contributed by atoms with van der Waals surface area (Å²) in [5, 5.41) is 5.14. The Morgan fingerprint density at radius 3 is 2.36 bits per heavy atom. The minimum Gasteiger partial charge on any atom is -0.275 e. The number of sulfonamides is 1. The van der Waals surface area contributed by atoms with E-state index in [0.29, 0.717) is 17.8 Å². The van der Waals surface area contributed by atoms with E-state index in [1.165, 1.54) is 16.8 Å². The Balaban J connectivity index is 2.20. The lowest BCUT2D eigenvalue weighted by Crippen LogP contribution is -2.33. The van der Waals surface area contributed by atoms with Crippen LogP contribution in [0.2, 0.25) is 0 Å². The molecule has 0 aromatic carbocycles. The molecule has 3 aromatic rings. The molecule has 0 spiro atoms. The monoisotopic (exact) mass is 401 g/mol. The van der Waals surface area contributed by atoms with Crippen LogP contribution in [0.15, 0.2) is 52.5 Å². The van der Waals surface area contributed by atoms with Gasteiger partial charge in [-0.3, -0.25) is 14.5 Å². The first kappa shape index (κ1) is 20.0. The van der Waals surface area contributed by atoms with Crippen molar-refractivity contribution in [3.8, 4) is 5.82 Å². The lowest BCUT2D eigenvalue weighted by molar-refractivity contribution is 0.317. The summed E-state index contributed by atoms with van der Waals surface area (Å²) in [7, 11) is -3.86. The summed E-state index contributed by atoms with van der Waals surface area (Å²) in [5.74, 6) is 0.327. The van der Waals surface area contributed by atoms with Gasteiger partial charge in [0, 0.05) is 36.3 Å². The predicted octanol–water partition coefficient (Wildman–Crippen LogP) is 1.73. The van der Waals surface area contributed by atoms with Crippen LogP contribution in [0.3, 0.4) is 0 Å². The van der Waals surface area contributed by atoms with E-state index < -0.39 is 15.6 Å². The molecule has 8 nitrogen and oxygen atoms in total. The highest BCUT2D eigenvalue weighted by molar-refractivity contribution is 7.89. The third-order valence-corrected chi connectivity index (χ3v) is 5.31. The largest absolute Gasteiger partial charge is 0.276 e. The highest BCUT2D eigenvalue weighted by atomic mass is 32.2. The van der Waals surface area contributed by atoms with Crippen molar-refractivity contribution in [2.24, 2.45) is 5.14 Å². The Hall–Kier alpha value is -2.78. The van der Waals surface area contributed by atoms with E-state index in [0.717, 1.165) is 17.5 Å². The first-order chi connectivity index (χ1) is 13.0. The molecule has 0 aliphatic carbocycles. The first-order valence-corrected chi connectivity index (χ1v) is 10.3. The predicted molar refractivity (Wildman–Crippen MR) is 106 cm³/mol. The van der Waals surface area contributed by atoms with Gasteiger partial charge in [-0.05, 0) is 51.5 Å². The van der Waals surface area contributed by atoms with Crippen LogP contribution in [0.5, 0.6) is 0 Å². The topological polar surface area (TPSA) is 113 Å². The molecular formula is C19H23N5O3S. The fourth-order valence-electron chi connectivity index (χ4n) is 3.24. The lowest BCUT2D eigenvalue weighted by atomic mass is 10.1. The molecule has 28 heavy (non-hydrogen) atoms. The molecule has 0 aliphatic heterocycles. The average molecular weight is 401 g/mol. The van der Waals surface area contributed by atoms with Crippen LogP contribution in [-0.2, 0) is 22.0 Å². The van der Waals surface area contributed by atoms with Gasteiger partial charge in [0.1, 0.15) is 4.90 Å². The standard InChI is InChI=1S/C19H23N5O3S/c1-13-16(10-14-6-5-9-21-11-14)18(25)23(24(13)19(2,3)4)17-8-7-15(12-22-17)28(20,26)27/h5-9,11-12H,10H2,1-4H3,(H2,20,26,27). The van der Waals surface area contributed by atoms with Crippen molar-refractivity contribution >= 4 is 10.0 Å². The normalized spacial score (nSPS) is 12.3. The van der Waals surface area contributed by atoms with Crippen molar-refractivity contribution in [1.29, 1.82) is 0 Å². The number of primary sulfonamides is 1. The minimum atomic E-state index is -3.86. The molecule has 0 saturated carbocycles. The van der Waals surface area contributed by atoms with Crippen LogP contribution in [0.25, 0.3) is 5.82 Å². The van der Waals surface area contributed by atoms with Crippen LogP contribution in [0.1, 0.15) is 37.6 Å². The van der Waals surface area contributed by atoms with E-state index in [1.54, 1.807) is 12.4 Å². The number of hydrogen-bond donors (Lipinski definition) is 1. The van der Waals surface area contributed by atoms with Crippen LogP contribution >= 0.6 is 0 Å².